The maximum absolute atomic E-state index is 12.1. The Morgan fingerprint density at radius 2 is 2.22 bits per heavy atom. The second kappa shape index (κ2) is 6.45. The van der Waals surface area contributed by atoms with Gasteiger partial charge in [-0.3, -0.25) is 4.98 Å². The molecule has 0 aliphatic carbocycles. The van der Waals surface area contributed by atoms with E-state index in [1.54, 1.807) is 20.3 Å². The standard InChI is InChI=1S/C15H23N3O4S/c1-17(2)23(19,20)18-11-15(12-18)13(6-8-22-15)9-21-10-14-5-3-4-7-16-14/h3-5,7,13H,6,8-12H2,1-2H3/t13-/m0/s1. The van der Waals surface area contributed by atoms with Gasteiger partial charge in [-0.05, 0) is 18.6 Å². The van der Waals surface area contributed by atoms with Crippen LogP contribution in [0.4, 0.5) is 0 Å². The van der Waals surface area contributed by atoms with Gasteiger partial charge >= 0.3 is 0 Å². The third-order valence-electron chi connectivity index (χ3n) is 4.57. The van der Waals surface area contributed by atoms with E-state index in [0.29, 0.717) is 32.9 Å². The molecule has 0 bridgehead atoms. The van der Waals surface area contributed by atoms with Crippen LogP contribution in [0.1, 0.15) is 12.1 Å². The van der Waals surface area contributed by atoms with Crippen molar-refractivity contribution in [3.05, 3.63) is 30.1 Å². The zero-order valence-corrected chi connectivity index (χ0v) is 14.3. The lowest BCUT2D eigenvalue weighted by molar-refractivity contribution is -0.116. The number of rotatable bonds is 6. The average Bonchev–Trinajstić information content (AvgIpc) is 2.90. The SMILES string of the molecule is CN(C)S(=O)(=O)N1CC2(C1)OCC[C@H]2COCc1ccccn1. The maximum atomic E-state index is 12.1. The molecule has 0 amide bonds. The molecule has 0 N–H and O–H groups in total. The third-order valence-corrected chi connectivity index (χ3v) is 6.40. The number of hydrogen-bond acceptors (Lipinski definition) is 5. The van der Waals surface area contributed by atoms with Gasteiger partial charge in [0, 0.05) is 45.9 Å². The van der Waals surface area contributed by atoms with Gasteiger partial charge in [0.1, 0.15) is 5.60 Å². The minimum atomic E-state index is -3.35. The molecule has 0 saturated carbocycles. The summed E-state index contributed by atoms with van der Waals surface area (Å²) in [6.07, 6.45) is 2.65. The van der Waals surface area contributed by atoms with Crippen LogP contribution in [0.25, 0.3) is 0 Å². The zero-order chi connectivity index (χ0) is 16.5. The smallest absolute Gasteiger partial charge is 0.281 e. The molecular formula is C15H23N3O4S. The van der Waals surface area contributed by atoms with Crippen molar-refractivity contribution >= 4 is 10.2 Å². The van der Waals surface area contributed by atoms with E-state index < -0.39 is 10.2 Å². The highest BCUT2D eigenvalue weighted by atomic mass is 32.2. The summed E-state index contributed by atoms with van der Waals surface area (Å²) in [5.41, 5.74) is 0.513. The molecule has 1 spiro atoms. The number of pyridine rings is 1. The highest BCUT2D eigenvalue weighted by Gasteiger charge is 2.56. The van der Waals surface area contributed by atoms with E-state index in [1.165, 1.54) is 8.61 Å². The molecule has 2 fully saturated rings. The van der Waals surface area contributed by atoms with Crippen LogP contribution < -0.4 is 0 Å². The van der Waals surface area contributed by atoms with Crippen molar-refractivity contribution in [2.75, 3.05) is 40.4 Å². The molecule has 3 heterocycles. The fourth-order valence-corrected chi connectivity index (χ4v) is 4.33. The summed E-state index contributed by atoms with van der Waals surface area (Å²) in [5, 5.41) is 0. The molecule has 3 rings (SSSR count). The summed E-state index contributed by atoms with van der Waals surface area (Å²) < 4.78 is 38.6. The molecule has 1 atom stereocenters. The highest BCUT2D eigenvalue weighted by molar-refractivity contribution is 7.86. The van der Waals surface area contributed by atoms with E-state index in [9.17, 15) is 8.42 Å². The molecule has 0 unspecified atom stereocenters. The number of nitrogens with zero attached hydrogens (tertiary/aromatic N) is 3. The zero-order valence-electron chi connectivity index (χ0n) is 13.5. The van der Waals surface area contributed by atoms with Gasteiger partial charge in [0.2, 0.25) is 0 Å². The molecule has 7 nitrogen and oxygen atoms in total. The Labute approximate surface area is 137 Å². The van der Waals surface area contributed by atoms with Crippen LogP contribution in [-0.2, 0) is 26.3 Å². The van der Waals surface area contributed by atoms with Gasteiger partial charge in [0.05, 0.1) is 18.9 Å². The van der Waals surface area contributed by atoms with E-state index in [0.717, 1.165) is 12.1 Å². The lowest BCUT2D eigenvalue weighted by Gasteiger charge is -2.49. The highest BCUT2D eigenvalue weighted by Crippen LogP contribution is 2.41. The summed E-state index contributed by atoms with van der Waals surface area (Å²) in [5.74, 6) is 0.222. The predicted molar refractivity (Wildman–Crippen MR) is 84.9 cm³/mol. The van der Waals surface area contributed by atoms with Gasteiger partial charge < -0.3 is 9.47 Å². The van der Waals surface area contributed by atoms with Gasteiger partial charge in [-0.2, -0.15) is 17.0 Å². The van der Waals surface area contributed by atoms with Gasteiger partial charge in [-0.25, -0.2) is 0 Å². The van der Waals surface area contributed by atoms with Gasteiger partial charge in [-0.15, -0.1) is 0 Å². The van der Waals surface area contributed by atoms with Gasteiger partial charge in [0.25, 0.3) is 10.2 Å². The first-order valence-electron chi connectivity index (χ1n) is 7.73. The van der Waals surface area contributed by atoms with Crippen molar-refractivity contribution in [3.8, 4) is 0 Å². The summed E-state index contributed by atoms with van der Waals surface area (Å²) >= 11 is 0. The summed E-state index contributed by atoms with van der Waals surface area (Å²) in [7, 11) is -0.265. The number of ether oxygens (including phenoxy) is 2. The Bertz CT molecular complexity index is 629. The Morgan fingerprint density at radius 1 is 1.43 bits per heavy atom. The molecule has 23 heavy (non-hydrogen) atoms. The van der Waals surface area contributed by atoms with Crippen LogP contribution in [0.2, 0.25) is 0 Å². The Hall–Kier alpha value is -1.06. The second-order valence-corrected chi connectivity index (χ2v) is 8.44. The van der Waals surface area contributed by atoms with E-state index in [2.05, 4.69) is 4.98 Å². The average molecular weight is 341 g/mol. The monoisotopic (exact) mass is 341 g/mol. The van der Waals surface area contributed by atoms with Crippen molar-refractivity contribution in [1.29, 1.82) is 0 Å². The maximum Gasteiger partial charge on any atom is 0.281 e. The first-order valence-corrected chi connectivity index (χ1v) is 9.13. The Morgan fingerprint density at radius 3 is 2.87 bits per heavy atom. The Kier molecular flexibility index (Phi) is 4.70. The van der Waals surface area contributed by atoms with E-state index >= 15 is 0 Å². The van der Waals surface area contributed by atoms with Crippen LogP contribution >= 0.6 is 0 Å². The largest absolute Gasteiger partial charge is 0.375 e. The van der Waals surface area contributed by atoms with E-state index in [1.807, 2.05) is 18.2 Å². The molecule has 2 aliphatic rings. The fraction of sp³-hybridized carbons (Fsp3) is 0.667. The summed E-state index contributed by atoms with van der Waals surface area (Å²) in [4.78, 5) is 4.23. The quantitative estimate of drug-likeness (QED) is 0.753. The van der Waals surface area contributed by atoms with Crippen molar-refractivity contribution < 1.29 is 17.9 Å². The first kappa shape index (κ1) is 16.8. The van der Waals surface area contributed by atoms with Crippen molar-refractivity contribution in [1.82, 2.24) is 13.6 Å². The third kappa shape index (κ3) is 3.27. The van der Waals surface area contributed by atoms with Gasteiger partial charge in [-0.1, -0.05) is 6.07 Å². The van der Waals surface area contributed by atoms with Crippen LogP contribution in [0.15, 0.2) is 24.4 Å². The minimum absolute atomic E-state index is 0.222. The van der Waals surface area contributed by atoms with Gasteiger partial charge in [0.15, 0.2) is 0 Å². The molecule has 128 valence electrons. The van der Waals surface area contributed by atoms with Crippen LogP contribution in [-0.4, -0.2) is 68.0 Å². The van der Waals surface area contributed by atoms with E-state index in [-0.39, 0.29) is 11.5 Å². The van der Waals surface area contributed by atoms with Crippen LogP contribution in [0.5, 0.6) is 0 Å². The fourth-order valence-electron chi connectivity index (χ4n) is 3.10. The Balaban J connectivity index is 1.53. The molecule has 2 saturated heterocycles. The molecule has 0 radical (unpaired) electrons. The van der Waals surface area contributed by atoms with Crippen molar-refractivity contribution in [3.63, 3.8) is 0 Å². The molecule has 8 heteroatoms. The number of hydrogen-bond donors (Lipinski definition) is 0. The lowest BCUT2D eigenvalue weighted by Crippen LogP contribution is -2.67. The summed E-state index contributed by atoms with van der Waals surface area (Å²) in [6.45, 7) is 2.50. The van der Waals surface area contributed by atoms with Crippen molar-refractivity contribution in [2.24, 2.45) is 5.92 Å². The molecule has 2 aliphatic heterocycles. The minimum Gasteiger partial charge on any atom is -0.375 e. The summed E-state index contributed by atoms with van der Waals surface area (Å²) in [6, 6.07) is 5.73. The van der Waals surface area contributed by atoms with Crippen LogP contribution in [0, 0.1) is 5.92 Å². The molecular weight excluding hydrogens is 318 g/mol. The normalized spacial score (nSPS) is 24.2. The van der Waals surface area contributed by atoms with Crippen molar-refractivity contribution in [2.45, 2.75) is 18.6 Å². The topological polar surface area (TPSA) is 72.0 Å². The molecule has 1 aromatic rings. The predicted octanol–water partition coefficient (Wildman–Crippen LogP) is 0.496. The molecule has 0 aromatic carbocycles. The second-order valence-electron chi connectivity index (χ2n) is 6.29. The lowest BCUT2D eigenvalue weighted by atomic mass is 9.83. The first-order chi connectivity index (χ1) is 10.9. The van der Waals surface area contributed by atoms with E-state index in [4.69, 9.17) is 9.47 Å². The van der Waals surface area contributed by atoms with Crippen LogP contribution in [0.3, 0.4) is 0 Å². The molecule has 1 aromatic heterocycles. The number of aromatic nitrogens is 1.